The molecule has 2 N–H and O–H groups in total. The lowest BCUT2D eigenvalue weighted by atomic mass is 10.1. The Morgan fingerprint density at radius 2 is 2.24 bits per heavy atom. The first kappa shape index (κ1) is 15.4. The molecule has 1 aliphatic rings. The number of nitrogens with one attached hydrogen (secondary N) is 2. The summed E-state index contributed by atoms with van der Waals surface area (Å²) in [5.74, 6) is 1.53. The molecule has 0 saturated carbocycles. The molecule has 0 spiro atoms. The van der Waals surface area contributed by atoms with Crippen molar-refractivity contribution in [3.63, 3.8) is 0 Å². The molecule has 3 heterocycles. The number of pyridine rings is 1. The summed E-state index contributed by atoms with van der Waals surface area (Å²) in [4.78, 5) is 20.8. The van der Waals surface area contributed by atoms with E-state index in [4.69, 9.17) is 4.74 Å². The summed E-state index contributed by atoms with van der Waals surface area (Å²) >= 11 is 0. The number of aryl methyl sites for hydroxylation is 1. The normalized spacial score (nSPS) is 16.3. The summed E-state index contributed by atoms with van der Waals surface area (Å²) < 4.78 is 6.96. The van der Waals surface area contributed by atoms with Gasteiger partial charge in [-0.15, -0.1) is 0 Å². The van der Waals surface area contributed by atoms with Crippen LogP contribution >= 0.6 is 0 Å². The highest BCUT2D eigenvalue weighted by molar-refractivity contribution is 5.92. The number of hydrogen-bond acceptors (Lipinski definition) is 5. The summed E-state index contributed by atoms with van der Waals surface area (Å²) in [6.07, 6.45) is 3.22. The van der Waals surface area contributed by atoms with Crippen LogP contribution in [0.25, 0.3) is 10.9 Å². The Kier molecular flexibility index (Phi) is 3.93. The minimum absolute atomic E-state index is 0.0422. The molecule has 0 radical (unpaired) electrons. The van der Waals surface area contributed by atoms with Crippen LogP contribution < -0.4 is 15.4 Å². The molecule has 128 valence electrons. The quantitative estimate of drug-likeness (QED) is 0.761. The molecule has 3 aromatic rings. The maximum Gasteiger partial charge on any atom is 0.319 e. The second kappa shape index (κ2) is 6.39. The van der Waals surface area contributed by atoms with Gasteiger partial charge in [0.1, 0.15) is 12.2 Å². The number of carbonyl (C=O) groups excluding carboxylic acids is 1. The standard InChI is InChI=1S/C17H18N6O2/c1-25-16-7-2-11-8-12(3-5-14(11)22-16)20-17(24)21-13-4-6-15-18-10-19-23(15)9-13/h2-3,5,7-8,10,13H,4,6,9H2,1H3,(H2,20,21,24)/t13-/m1/s1. The molecular weight excluding hydrogens is 320 g/mol. The molecular formula is C17H18N6O2. The van der Waals surface area contributed by atoms with Crippen molar-refractivity contribution in [2.75, 3.05) is 12.4 Å². The fourth-order valence-corrected chi connectivity index (χ4v) is 3.01. The van der Waals surface area contributed by atoms with E-state index in [1.165, 1.54) is 0 Å². The number of anilines is 1. The Morgan fingerprint density at radius 1 is 1.32 bits per heavy atom. The van der Waals surface area contributed by atoms with Gasteiger partial charge in [0, 0.05) is 23.6 Å². The summed E-state index contributed by atoms with van der Waals surface area (Å²) in [5.41, 5.74) is 1.53. The Bertz CT molecular complexity index is 922. The molecule has 0 saturated heterocycles. The number of hydrogen-bond donors (Lipinski definition) is 2. The van der Waals surface area contributed by atoms with E-state index in [-0.39, 0.29) is 12.1 Å². The van der Waals surface area contributed by atoms with E-state index in [1.807, 2.05) is 28.9 Å². The highest BCUT2D eigenvalue weighted by atomic mass is 16.5. The molecule has 0 aliphatic carbocycles. The van der Waals surface area contributed by atoms with E-state index in [0.29, 0.717) is 18.1 Å². The van der Waals surface area contributed by atoms with Crippen molar-refractivity contribution in [3.8, 4) is 5.88 Å². The zero-order valence-electron chi connectivity index (χ0n) is 13.8. The van der Waals surface area contributed by atoms with E-state index in [1.54, 1.807) is 19.5 Å². The zero-order valence-corrected chi connectivity index (χ0v) is 13.8. The molecule has 2 aromatic heterocycles. The molecule has 1 atom stereocenters. The lowest BCUT2D eigenvalue weighted by Gasteiger charge is -2.23. The number of ether oxygens (including phenoxy) is 1. The van der Waals surface area contributed by atoms with Crippen molar-refractivity contribution in [3.05, 3.63) is 42.5 Å². The van der Waals surface area contributed by atoms with E-state index < -0.39 is 0 Å². The van der Waals surface area contributed by atoms with Crippen molar-refractivity contribution in [2.24, 2.45) is 0 Å². The molecule has 2 amide bonds. The van der Waals surface area contributed by atoms with Crippen LogP contribution in [0.4, 0.5) is 10.5 Å². The third-order valence-corrected chi connectivity index (χ3v) is 4.27. The lowest BCUT2D eigenvalue weighted by molar-refractivity contribution is 0.243. The summed E-state index contributed by atoms with van der Waals surface area (Å²) in [5, 5.41) is 11.0. The van der Waals surface area contributed by atoms with Gasteiger partial charge in [0.15, 0.2) is 0 Å². The third kappa shape index (κ3) is 3.23. The lowest BCUT2D eigenvalue weighted by Crippen LogP contribution is -2.43. The van der Waals surface area contributed by atoms with Gasteiger partial charge in [-0.05, 0) is 30.7 Å². The molecule has 0 unspecified atom stereocenters. The van der Waals surface area contributed by atoms with E-state index in [9.17, 15) is 4.79 Å². The van der Waals surface area contributed by atoms with Crippen LogP contribution in [-0.2, 0) is 13.0 Å². The Morgan fingerprint density at radius 3 is 3.12 bits per heavy atom. The first-order valence-corrected chi connectivity index (χ1v) is 8.10. The number of methoxy groups -OCH3 is 1. The first-order valence-electron chi connectivity index (χ1n) is 8.10. The van der Waals surface area contributed by atoms with Crippen molar-refractivity contribution in [1.82, 2.24) is 25.1 Å². The Hall–Kier alpha value is -3.16. The van der Waals surface area contributed by atoms with Crippen molar-refractivity contribution < 1.29 is 9.53 Å². The SMILES string of the molecule is COc1ccc2cc(NC(=O)N[C@@H]3CCc4ncnn4C3)ccc2n1. The number of urea groups is 1. The predicted octanol–water partition coefficient (Wildman–Crippen LogP) is 1.97. The van der Waals surface area contributed by atoms with Crippen LogP contribution in [0.5, 0.6) is 5.88 Å². The predicted molar refractivity (Wildman–Crippen MR) is 92.6 cm³/mol. The molecule has 1 aliphatic heterocycles. The van der Waals surface area contributed by atoms with Gasteiger partial charge in [0.05, 0.1) is 25.2 Å². The topological polar surface area (TPSA) is 94.0 Å². The number of benzene rings is 1. The summed E-state index contributed by atoms with van der Waals surface area (Å²) in [6, 6.07) is 9.09. The average molecular weight is 338 g/mol. The van der Waals surface area contributed by atoms with Crippen LogP contribution in [0.2, 0.25) is 0 Å². The van der Waals surface area contributed by atoms with Crippen molar-refractivity contribution in [2.45, 2.75) is 25.4 Å². The van der Waals surface area contributed by atoms with Crippen molar-refractivity contribution >= 4 is 22.6 Å². The van der Waals surface area contributed by atoms with Crippen LogP contribution in [-0.4, -0.2) is 38.9 Å². The highest BCUT2D eigenvalue weighted by Gasteiger charge is 2.21. The van der Waals surface area contributed by atoms with E-state index in [0.717, 1.165) is 29.6 Å². The second-order valence-corrected chi connectivity index (χ2v) is 5.95. The van der Waals surface area contributed by atoms with E-state index in [2.05, 4.69) is 25.7 Å². The number of nitrogens with zero attached hydrogens (tertiary/aromatic N) is 4. The Balaban J connectivity index is 1.41. The van der Waals surface area contributed by atoms with Crippen molar-refractivity contribution in [1.29, 1.82) is 0 Å². The number of rotatable bonds is 3. The molecule has 8 nitrogen and oxygen atoms in total. The number of carbonyl (C=O) groups is 1. The molecule has 0 bridgehead atoms. The highest BCUT2D eigenvalue weighted by Crippen LogP contribution is 2.20. The van der Waals surface area contributed by atoms with Gasteiger partial charge in [-0.3, -0.25) is 0 Å². The van der Waals surface area contributed by atoms with Gasteiger partial charge < -0.3 is 15.4 Å². The van der Waals surface area contributed by atoms with Crippen LogP contribution in [0.1, 0.15) is 12.2 Å². The fraction of sp³-hybridized carbons (Fsp3) is 0.294. The van der Waals surface area contributed by atoms with Crippen LogP contribution in [0.15, 0.2) is 36.7 Å². The van der Waals surface area contributed by atoms with Gasteiger partial charge in [-0.1, -0.05) is 0 Å². The maximum absolute atomic E-state index is 12.3. The maximum atomic E-state index is 12.3. The average Bonchev–Trinajstić information content (AvgIpc) is 3.09. The minimum Gasteiger partial charge on any atom is -0.481 e. The molecule has 0 fully saturated rings. The van der Waals surface area contributed by atoms with Gasteiger partial charge in [-0.2, -0.15) is 5.10 Å². The van der Waals surface area contributed by atoms with Gasteiger partial charge in [0.25, 0.3) is 0 Å². The number of amides is 2. The summed E-state index contributed by atoms with van der Waals surface area (Å²) in [6.45, 7) is 0.643. The van der Waals surface area contributed by atoms with Crippen LogP contribution in [0.3, 0.4) is 0 Å². The van der Waals surface area contributed by atoms with Crippen LogP contribution in [0, 0.1) is 0 Å². The number of fused-ring (bicyclic) bond motifs is 2. The first-order chi connectivity index (χ1) is 12.2. The summed E-state index contributed by atoms with van der Waals surface area (Å²) in [7, 11) is 1.59. The van der Waals surface area contributed by atoms with Gasteiger partial charge in [-0.25, -0.2) is 19.4 Å². The number of aromatic nitrogens is 4. The molecule has 1 aromatic carbocycles. The minimum atomic E-state index is -0.227. The van der Waals surface area contributed by atoms with E-state index >= 15 is 0 Å². The van der Waals surface area contributed by atoms with Gasteiger partial charge >= 0.3 is 6.03 Å². The fourth-order valence-electron chi connectivity index (χ4n) is 3.01. The third-order valence-electron chi connectivity index (χ3n) is 4.27. The molecule has 8 heteroatoms. The molecule has 25 heavy (non-hydrogen) atoms. The molecule has 4 rings (SSSR count). The van der Waals surface area contributed by atoms with Gasteiger partial charge in [0.2, 0.25) is 5.88 Å². The zero-order chi connectivity index (χ0) is 17.2. The smallest absolute Gasteiger partial charge is 0.319 e. The largest absolute Gasteiger partial charge is 0.481 e. The monoisotopic (exact) mass is 338 g/mol. The second-order valence-electron chi connectivity index (χ2n) is 5.95. The Labute approximate surface area is 144 Å².